The SMILES string of the molecule is COc1cc([C@H]2[C@H](N)C2(C)C)cc(Br)c1O. The number of ether oxygens (including phenoxy) is 1. The van der Waals surface area contributed by atoms with E-state index in [1.807, 2.05) is 12.1 Å². The molecule has 0 heterocycles. The van der Waals surface area contributed by atoms with Crippen LogP contribution in [0.2, 0.25) is 0 Å². The highest BCUT2D eigenvalue weighted by molar-refractivity contribution is 9.10. The fourth-order valence-corrected chi connectivity index (χ4v) is 2.70. The molecule has 1 aliphatic rings. The number of nitrogens with two attached hydrogens (primary N) is 1. The molecule has 16 heavy (non-hydrogen) atoms. The number of aromatic hydroxyl groups is 1. The van der Waals surface area contributed by atoms with Gasteiger partial charge in [0.15, 0.2) is 11.5 Å². The van der Waals surface area contributed by atoms with E-state index >= 15 is 0 Å². The topological polar surface area (TPSA) is 55.5 Å². The number of benzene rings is 1. The Kier molecular flexibility index (Phi) is 2.67. The second-order valence-corrected chi connectivity index (χ2v) is 5.73. The molecule has 1 saturated carbocycles. The molecule has 0 amide bonds. The molecule has 1 aromatic carbocycles. The number of hydrogen-bond acceptors (Lipinski definition) is 3. The van der Waals surface area contributed by atoms with Crippen molar-refractivity contribution in [1.29, 1.82) is 0 Å². The maximum absolute atomic E-state index is 9.72. The highest BCUT2D eigenvalue weighted by Gasteiger charge is 2.56. The predicted octanol–water partition coefficient (Wildman–Crippen LogP) is 2.61. The third-order valence-corrected chi connectivity index (χ3v) is 4.14. The van der Waals surface area contributed by atoms with Gasteiger partial charge in [0, 0.05) is 12.0 Å². The van der Waals surface area contributed by atoms with E-state index in [1.54, 1.807) is 7.11 Å². The number of rotatable bonds is 2. The Labute approximate surface area is 104 Å². The fourth-order valence-electron chi connectivity index (χ4n) is 2.24. The van der Waals surface area contributed by atoms with Crippen LogP contribution in [0.3, 0.4) is 0 Å². The molecule has 88 valence electrons. The summed E-state index contributed by atoms with van der Waals surface area (Å²) in [6, 6.07) is 3.95. The van der Waals surface area contributed by atoms with Crippen molar-refractivity contribution in [2.75, 3.05) is 7.11 Å². The van der Waals surface area contributed by atoms with Crippen molar-refractivity contribution >= 4 is 15.9 Å². The van der Waals surface area contributed by atoms with Crippen molar-refractivity contribution in [3.8, 4) is 11.5 Å². The molecule has 1 aliphatic carbocycles. The molecule has 0 bridgehead atoms. The average Bonchev–Trinajstić information content (AvgIpc) is 2.71. The molecule has 0 spiro atoms. The molecule has 0 unspecified atom stereocenters. The zero-order chi connectivity index (χ0) is 12.1. The van der Waals surface area contributed by atoms with Gasteiger partial charge in [-0.25, -0.2) is 0 Å². The van der Waals surface area contributed by atoms with Gasteiger partial charge in [-0.2, -0.15) is 0 Å². The summed E-state index contributed by atoms with van der Waals surface area (Å²) in [4.78, 5) is 0. The molecule has 3 nitrogen and oxygen atoms in total. The van der Waals surface area contributed by atoms with Gasteiger partial charge in [0.2, 0.25) is 0 Å². The molecular formula is C12H16BrNO2. The van der Waals surface area contributed by atoms with E-state index in [-0.39, 0.29) is 17.2 Å². The van der Waals surface area contributed by atoms with Crippen LogP contribution in [0, 0.1) is 5.41 Å². The molecule has 1 fully saturated rings. The van der Waals surface area contributed by atoms with Gasteiger partial charge >= 0.3 is 0 Å². The molecule has 0 radical (unpaired) electrons. The molecular weight excluding hydrogens is 270 g/mol. The van der Waals surface area contributed by atoms with Gasteiger partial charge in [-0.3, -0.25) is 0 Å². The third kappa shape index (κ3) is 1.60. The quantitative estimate of drug-likeness (QED) is 0.878. The third-order valence-electron chi connectivity index (χ3n) is 3.54. The van der Waals surface area contributed by atoms with Gasteiger partial charge in [0.05, 0.1) is 11.6 Å². The van der Waals surface area contributed by atoms with Crippen LogP contribution in [0.1, 0.15) is 25.3 Å². The summed E-state index contributed by atoms with van der Waals surface area (Å²) in [7, 11) is 1.54. The maximum Gasteiger partial charge on any atom is 0.172 e. The molecule has 3 N–H and O–H groups in total. The van der Waals surface area contributed by atoms with Crippen molar-refractivity contribution < 1.29 is 9.84 Å². The van der Waals surface area contributed by atoms with E-state index in [1.165, 1.54) is 0 Å². The van der Waals surface area contributed by atoms with Gasteiger partial charge in [-0.1, -0.05) is 13.8 Å². The Morgan fingerprint density at radius 3 is 2.44 bits per heavy atom. The summed E-state index contributed by atoms with van der Waals surface area (Å²) in [6.45, 7) is 4.30. The number of phenols is 1. The minimum Gasteiger partial charge on any atom is -0.503 e. The normalized spacial score (nSPS) is 26.6. The van der Waals surface area contributed by atoms with Gasteiger partial charge in [-0.05, 0) is 39.0 Å². The van der Waals surface area contributed by atoms with E-state index in [0.717, 1.165) is 5.56 Å². The summed E-state index contributed by atoms with van der Waals surface area (Å²) >= 11 is 3.32. The van der Waals surface area contributed by atoms with Gasteiger partial charge < -0.3 is 15.6 Å². The van der Waals surface area contributed by atoms with Gasteiger partial charge in [-0.15, -0.1) is 0 Å². The van der Waals surface area contributed by atoms with E-state index in [9.17, 15) is 5.11 Å². The Morgan fingerprint density at radius 2 is 2.00 bits per heavy atom. The molecule has 0 aromatic heterocycles. The lowest BCUT2D eigenvalue weighted by molar-refractivity contribution is 0.371. The Bertz CT molecular complexity index is 431. The molecule has 1 aromatic rings. The first-order valence-corrected chi connectivity index (χ1v) is 6.01. The van der Waals surface area contributed by atoms with Crippen LogP contribution in [0.25, 0.3) is 0 Å². The minimum absolute atomic E-state index is 0.126. The van der Waals surface area contributed by atoms with Crippen molar-refractivity contribution in [2.24, 2.45) is 11.1 Å². The summed E-state index contributed by atoms with van der Waals surface area (Å²) < 4.78 is 5.78. The molecule has 2 rings (SSSR count). The van der Waals surface area contributed by atoms with Crippen LogP contribution in [0.4, 0.5) is 0 Å². The highest BCUT2D eigenvalue weighted by Crippen LogP contribution is 2.58. The predicted molar refractivity (Wildman–Crippen MR) is 66.9 cm³/mol. The van der Waals surface area contributed by atoms with Crippen molar-refractivity contribution in [2.45, 2.75) is 25.8 Å². The summed E-state index contributed by atoms with van der Waals surface area (Å²) in [5, 5.41) is 9.72. The molecule has 2 atom stereocenters. The first-order chi connectivity index (χ1) is 7.39. The minimum atomic E-state index is 0.126. The molecule has 4 heteroatoms. The first-order valence-electron chi connectivity index (χ1n) is 5.21. The van der Waals surface area contributed by atoms with E-state index in [2.05, 4.69) is 29.8 Å². The van der Waals surface area contributed by atoms with Gasteiger partial charge in [0.1, 0.15) is 0 Å². The second kappa shape index (κ2) is 3.64. The van der Waals surface area contributed by atoms with Crippen LogP contribution >= 0.6 is 15.9 Å². The second-order valence-electron chi connectivity index (χ2n) is 4.88. The number of hydrogen-bond donors (Lipinski definition) is 2. The van der Waals surface area contributed by atoms with Crippen LogP contribution in [0.5, 0.6) is 11.5 Å². The van der Waals surface area contributed by atoms with Gasteiger partial charge in [0.25, 0.3) is 0 Å². The van der Waals surface area contributed by atoms with Crippen LogP contribution in [0.15, 0.2) is 16.6 Å². The fraction of sp³-hybridized carbons (Fsp3) is 0.500. The first kappa shape index (κ1) is 11.7. The summed E-state index contributed by atoms with van der Waals surface area (Å²) in [5.41, 5.74) is 7.27. The maximum atomic E-state index is 9.72. The van der Waals surface area contributed by atoms with Crippen molar-refractivity contribution in [3.05, 3.63) is 22.2 Å². The lowest BCUT2D eigenvalue weighted by Gasteiger charge is -2.09. The smallest absolute Gasteiger partial charge is 0.172 e. The number of methoxy groups -OCH3 is 1. The van der Waals surface area contributed by atoms with Crippen molar-refractivity contribution in [1.82, 2.24) is 0 Å². The number of phenolic OH excluding ortho intramolecular Hbond substituents is 1. The monoisotopic (exact) mass is 285 g/mol. The summed E-state index contributed by atoms with van der Waals surface area (Å²) in [5.74, 6) is 0.954. The molecule has 0 aliphatic heterocycles. The zero-order valence-electron chi connectivity index (χ0n) is 9.62. The van der Waals surface area contributed by atoms with Crippen molar-refractivity contribution in [3.63, 3.8) is 0 Å². The largest absolute Gasteiger partial charge is 0.503 e. The average molecular weight is 286 g/mol. The number of halogens is 1. The Hall–Kier alpha value is -0.740. The van der Waals surface area contributed by atoms with E-state index < -0.39 is 0 Å². The Morgan fingerprint density at radius 1 is 1.44 bits per heavy atom. The van der Waals surface area contributed by atoms with Crippen LogP contribution < -0.4 is 10.5 Å². The van der Waals surface area contributed by atoms with E-state index in [4.69, 9.17) is 10.5 Å². The summed E-state index contributed by atoms with van der Waals surface area (Å²) in [6.07, 6.45) is 0. The Balaban J connectivity index is 2.41. The highest BCUT2D eigenvalue weighted by atomic mass is 79.9. The molecule has 0 saturated heterocycles. The van der Waals surface area contributed by atoms with Crippen LogP contribution in [-0.2, 0) is 0 Å². The lowest BCUT2D eigenvalue weighted by Crippen LogP contribution is -2.06. The zero-order valence-corrected chi connectivity index (χ0v) is 11.2. The van der Waals surface area contributed by atoms with E-state index in [0.29, 0.717) is 16.1 Å². The standard InChI is InChI=1S/C12H16BrNO2/c1-12(2)9(11(12)14)6-4-7(13)10(15)8(5-6)16-3/h4-5,9,11,15H,14H2,1-3H3/t9-,11-/m0/s1. The van der Waals surface area contributed by atoms with Crippen LogP contribution in [-0.4, -0.2) is 18.3 Å². The lowest BCUT2D eigenvalue weighted by atomic mass is 10.0.